The molecule has 16 heavy (non-hydrogen) atoms. The van der Waals surface area contributed by atoms with Crippen LogP contribution >= 0.6 is 22.9 Å². The van der Waals surface area contributed by atoms with Crippen molar-refractivity contribution < 1.29 is 4.74 Å². The van der Waals surface area contributed by atoms with Crippen molar-refractivity contribution in [2.45, 2.75) is 6.42 Å². The second kappa shape index (κ2) is 5.92. The molecule has 0 fully saturated rings. The largest absolute Gasteiger partial charge is 0.494 e. The van der Waals surface area contributed by atoms with Crippen LogP contribution in [0.1, 0.15) is 6.42 Å². The zero-order valence-electron chi connectivity index (χ0n) is 8.86. The van der Waals surface area contributed by atoms with E-state index in [-0.39, 0.29) is 0 Å². The standard InChI is InChI=1S/C13H13ClOS/c14-7-3-8-15-12-5-1-4-11(10-12)13-6-2-9-16-13/h1-2,4-6,9-10H,3,7-8H2. The van der Waals surface area contributed by atoms with Crippen molar-refractivity contribution in [3.63, 3.8) is 0 Å². The van der Waals surface area contributed by atoms with Gasteiger partial charge in [0.05, 0.1) is 6.61 Å². The van der Waals surface area contributed by atoms with Crippen LogP contribution in [0.4, 0.5) is 0 Å². The zero-order chi connectivity index (χ0) is 11.2. The van der Waals surface area contributed by atoms with Gasteiger partial charge in [0.15, 0.2) is 0 Å². The van der Waals surface area contributed by atoms with E-state index >= 15 is 0 Å². The van der Waals surface area contributed by atoms with E-state index in [0.717, 1.165) is 12.2 Å². The summed E-state index contributed by atoms with van der Waals surface area (Å²) in [5.41, 5.74) is 1.21. The Balaban J connectivity index is 2.08. The van der Waals surface area contributed by atoms with Gasteiger partial charge in [-0.25, -0.2) is 0 Å². The van der Waals surface area contributed by atoms with Crippen LogP contribution in [0.3, 0.4) is 0 Å². The van der Waals surface area contributed by atoms with Gasteiger partial charge in [-0.2, -0.15) is 0 Å². The van der Waals surface area contributed by atoms with Gasteiger partial charge in [0.25, 0.3) is 0 Å². The third-order valence-electron chi connectivity index (χ3n) is 2.19. The van der Waals surface area contributed by atoms with Crippen molar-refractivity contribution in [1.82, 2.24) is 0 Å². The monoisotopic (exact) mass is 252 g/mol. The van der Waals surface area contributed by atoms with Crippen molar-refractivity contribution in [3.8, 4) is 16.2 Å². The number of halogens is 1. The van der Waals surface area contributed by atoms with Gasteiger partial charge in [0.1, 0.15) is 5.75 Å². The van der Waals surface area contributed by atoms with Gasteiger partial charge in [0.2, 0.25) is 0 Å². The molecule has 2 rings (SSSR count). The van der Waals surface area contributed by atoms with Crippen LogP contribution < -0.4 is 4.74 Å². The minimum Gasteiger partial charge on any atom is -0.494 e. The molecule has 0 unspecified atom stereocenters. The maximum Gasteiger partial charge on any atom is 0.119 e. The third kappa shape index (κ3) is 3.00. The van der Waals surface area contributed by atoms with E-state index in [2.05, 4.69) is 29.6 Å². The Morgan fingerprint density at radius 1 is 1.19 bits per heavy atom. The molecule has 1 aromatic heterocycles. The van der Waals surface area contributed by atoms with E-state index in [1.807, 2.05) is 12.1 Å². The summed E-state index contributed by atoms with van der Waals surface area (Å²) in [5, 5.41) is 2.08. The number of ether oxygens (including phenoxy) is 1. The van der Waals surface area contributed by atoms with Crippen LogP contribution in [-0.2, 0) is 0 Å². The molecule has 2 aromatic rings. The fourth-order valence-electron chi connectivity index (χ4n) is 1.43. The first-order valence-corrected chi connectivity index (χ1v) is 6.64. The highest BCUT2D eigenvalue weighted by Gasteiger charge is 2.00. The SMILES string of the molecule is ClCCCOc1cccc(-c2cccs2)c1. The lowest BCUT2D eigenvalue weighted by atomic mass is 10.2. The second-order valence-electron chi connectivity index (χ2n) is 3.40. The molecule has 0 bridgehead atoms. The van der Waals surface area contributed by atoms with Crippen LogP contribution in [-0.4, -0.2) is 12.5 Å². The Hall–Kier alpha value is -0.990. The molecule has 1 nitrogen and oxygen atoms in total. The van der Waals surface area contributed by atoms with E-state index < -0.39 is 0 Å². The van der Waals surface area contributed by atoms with E-state index in [0.29, 0.717) is 12.5 Å². The highest BCUT2D eigenvalue weighted by molar-refractivity contribution is 7.13. The van der Waals surface area contributed by atoms with Crippen molar-refractivity contribution >= 4 is 22.9 Å². The molecule has 0 radical (unpaired) electrons. The first-order chi connectivity index (χ1) is 7.90. The maximum absolute atomic E-state index is 5.61. The van der Waals surface area contributed by atoms with E-state index in [9.17, 15) is 0 Å². The summed E-state index contributed by atoms with van der Waals surface area (Å²) < 4.78 is 5.61. The Kier molecular flexibility index (Phi) is 4.25. The molecule has 0 saturated heterocycles. The Bertz CT molecular complexity index is 425. The lowest BCUT2D eigenvalue weighted by molar-refractivity contribution is 0.318. The van der Waals surface area contributed by atoms with Crippen molar-refractivity contribution in [1.29, 1.82) is 0 Å². The summed E-state index contributed by atoms with van der Waals surface area (Å²) in [4.78, 5) is 1.27. The van der Waals surface area contributed by atoms with E-state index in [1.54, 1.807) is 11.3 Å². The van der Waals surface area contributed by atoms with Gasteiger partial charge < -0.3 is 4.74 Å². The minimum absolute atomic E-state index is 0.643. The van der Waals surface area contributed by atoms with Crippen LogP contribution in [0.2, 0.25) is 0 Å². The molecule has 0 saturated carbocycles. The lowest BCUT2D eigenvalue weighted by Crippen LogP contribution is -1.97. The van der Waals surface area contributed by atoms with E-state index in [1.165, 1.54) is 10.4 Å². The predicted molar refractivity (Wildman–Crippen MR) is 70.6 cm³/mol. The van der Waals surface area contributed by atoms with Gasteiger partial charge in [-0.15, -0.1) is 22.9 Å². The fourth-order valence-corrected chi connectivity index (χ4v) is 2.26. The van der Waals surface area contributed by atoms with Gasteiger partial charge in [-0.1, -0.05) is 18.2 Å². The molecule has 1 heterocycles. The molecule has 0 atom stereocenters. The number of rotatable bonds is 5. The Morgan fingerprint density at radius 2 is 2.12 bits per heavy atom. The average Bonchev–Trinajstić information content (AvgIpc) is 2.83. The summed E-state index contributed by atoms with van der Waals surface area (Å²) in [6.07, 6.45) is 0.880. The highest BCUT2D eigenvalue weighted by atomic mass is 35.5. The third-order valence-corrected chi connectivity index (χ3v) is 3.37. The summed E-state index contributed by atoms with van der Waals surface area (Å²) >= 11 is 7.34. The average molecular weight is 253 g/mol. The lowest BCUT2D eigenvalue weighted by Gasteiger charge is -2.06. The van der Waals surface area contributed by atoms with Gasteiger partial charge >= 0.3 is 0 Å². The Labute approximate surface area is 105 Å². The van der Waals surface area contributed by atoms with Gasteiger partial charge in [0, 0.05) is 10.8 Å². The molecule has 0 amide bonds. The van der Waals surface area contributed by atoms with Crippen LogP contribution in [0, 0.1) is 0 Å². The van der Waals surface area contributed by atoms with Gasteiger partial charge in [-0.3, -0.25) is 0 Å². The molecular weight excluding hydrogens is 240 g/mol. The summed E-state index contributed by atoms with van der Waals surface area (Å²) in [6, 6.07) is 12.3. The van der Waals surface area contributed by atoms with Crippen LogP contribution in [0.15, 0.2) is 41.8 Å². The Morgan fingerprint density at radius 3 is 2.88 bits per heavy atom. The molecule has 0 N–H and O–H groups in total. The van der Waals surface area contributed by atoms with Crippen molar-refractivity contribution in [3.05, 3.63) is 41.8 Å². The molecular formula is C13H13ClOS. The highest BCUT2D eigenvalue weighted by Crippen LogP contribution is 2.27. The number of hydrogen-bond acceptors (Lipinski definition) is 2. The van der Waals surface area contributed by atoms with Gasteiger partial charge in [-0.05, 0) is 35.6 Å². The maximum atomic E-state index is 5.61. The summed E-state index contributed by atoms with van der Waals surface area (Å²) in [6.45, 7) is 0.678. The molecule has 84 valence electrons. The zero-order valence-corrected chi connectivity index (χ0v) is 10.4. The number of benzene rings is 1. The summed E-state index contributed by atoms with van der Waals surface area (Å²) in [7, 11) is 0. The first kappa shape index (κ1) is 11.5. The number of thiophene rings is 1. The van der Waals surface area contributed by atoms with Crippen LogP contribution in [0.25, 0.3) is 10.4 Å². The number of alkyl halides is 1. The molecule has 3 heteroatoms. The van der Waals surface area contributed by atoms with Crippen molar-refractivity contribution in [2.24, 2.45) is 0 Å². The smallest absolute Gasteiger partial charge is 0.119 e. The molecule has 0 aliphatic carbocycles. The minimum atomic E-state index is 0.643. The molecule has 0 aliphatic heterocycles. The topological polar surface area (TPSA) is 9.23 Å². The molecule has 1 aromatic carbocycles. The van der Waals surface area contributed by atoms with Crippen molar-refractivity contribution in [2.75, 3.05) is 12.5 Å². The molecule has 0 aliphatic rings. The second-order valence-corrected chi connectivity index (χ2v) is 4.72. The quantitative estimate of drug-likeness (QED) is 0.565. The van der Waals surface area contributed by atoms with Crippen LogP contribution in [0.5, 0.6) is 5.75 Å². The normalized spacial score (nSPS) is 10.3. The number of hydrogen-bond donors (Lipinski definition) is 0. The first-order valence-electron chi connectivity index (χ1n) is 5.23. The van der Waals surface area contributed by atoms with E-state index in [4.69, 9.17) is 16.3 Å². The summed E-state index contributed by atoms with van der Waals surface area (Å²) in [5.74, 6) is 1.56. The predicted octanol–water partition coefficient (Wildman–Crippen LogP) is 4.42. The fraction of sp³-hybridized carbons (Fsp3) is 0.231. The molecule has 0 spiro atoms.